The van der Waals surface area contributed by atoms with Crippen molar-refractivity contribution < 1.29 is 9.59 Å². The van der Waals surface area contributed by atoms with Crippen molar-refractivity contribution in [3.63, 3.8) is 0 Å². The van der Waals surface area contributed by atoms with Crippen LogP contribution in [-0.2, 0) is 9.59 Å². The summed E-state index contributed by atoms with van der Waals surface area (Å²) in [7, 11) is 0. The van der Waals surface area contributed by atoms with Crippen molar-refractivity contribution in [3.05, 3.63) is 11.6 Å². The van der Waals surface area contributed by atoms with Crippen LogP contribution in [0, 0.1) is 11.3 Å². The molecule has 0 aromatic carbocycles. The second kappa shape index (κ2) is 3.01. The Bertz CT molecular complexity index is 289. The van der Waals surface area contributed by atoms with Crippen molar-refractivity contribution in [2.75, 3.05) is 0 Å². The van der Waals surface area contributed by atoms with Crippen LogP contribution in [0.15, 0.2) is 11.6 Å². The quantitative estimate of drug-likeness (QED) is 0.633. The Morgan fingerprint density at radius 3 is 2.58 bits per heavy atom. The van der Waals surface area contributed by atoms with Crippen molar-refractivity contribution >= 4 is 17.3 Å². The van der Waals surface area contributed by atoms with E-state index in [1.54, 1.807) is 6.92 Å². The zero-order valence-corrected chi connectivity index (χ0v) is 7.18. The summed E-state index contributed by atoms with van der Waals surface area (Å²) in [5.74, 6) is -0.946. The highest BCUT2D eigenvalue weighted by Crippen LogP contribution is 2.17. The van der Waals surface area contributed by atoms with E-state index in [9.17, 15) is 9.59 Å². The number of nitrogens with one attached hydrogen (secondary N) is 1. The number of ketones is 2. The average Bonchev–Trinajstić information content (AvgIpc) is 2.08. The largest absolute Gasteiger partial charge is 0.300 e. The summed E-state index contributed by atoms with van der Waals surface area (Å²) in [6.45, 7) is 3.43. The number of carbonyl (C=O) groups is 2. The molecule has 0 aliphatic heterocycles. The van der Waals surface area contributed by atoms with Gasteiger partial charge in [-0.3, -0.25) is 9.59 Å². The fourth-order valence-corrected chi connectivity index (χ4v) is 1.21. The summed E-state index contributed by atoms with van der Waals surface area (Å²) in [6.07, 6.45) is 1.85. The number of rotatable bonds is 1. The number of hydrogen-bond donors (Lipinski definition) is 1. The van der Waals surface area contributed by atoms with E-state index < -0.39 is 5.92 Å². The summed E-state index contributed by atoms with van der Waals surface area (Å²) in [5.41, 5.74) is 0.459. The normalized spacial score (nSPS) is 24.3. The van der Waals surface area contributed by atoms with E-state index in [0.717, 1.165) is 0 Å². The molecule has 0 fully saturated rings. The minimum atomic E-state index is -0.544. The fourth-order valence-electron chi connectivity index (χ4n) is 1.21. The second-order valence-corrected chi connectivity index (χ2v) is 2.89. The predicted molar refractivity (Wildman–Crippen MR) is 45.3 cm³/mol. The SMILES string of the molecule is CCC1=CC(=O)C(=N)C(C)C1=O. The molecule has 0 heterocycles. The van der Waals surface area contributed by atoms with Gasteiger partial charge in [0.05, 0.1) is 11.6 Å². The molecule has 1 atom stereocenters. The highest BCUT2D eigenvalue weighted by atomic mass is 16.1. The minimum absolute atomic E-state index is 0.0814. The zero-order chi connectivity index (χ0) is 9.30. The van der Waals surface area contributed by atoms with Crippen molar-refractivity contribution in [2.24, 2.45) is 5.92 Å². The molecular formula is C9H11NO2. The molecule has 1 aliphatic rings. The Morgan fingerprint density at radius 1 is 1.50 bits per heavy atom. The lowest BCUT2D eigenvalue weighted by Gasteiger charge is -2.16. The van der Waals surface area contributed by atoms with Crippen LogP contribution in [-0.4, -0.2) is 17.3 Å². The molecule has 0 spiro atoms. The predicted octanol–water partition coefficient (Wildman–Crippen LogP) is 1.13. The Labute approximate surface area is 71.0 Å². The van der Waals surface area contributed by atoms with E-state index >= 15 is 0 Å². The summed E-state index contributed by atoms with van der Waals surface area (Å²) in [4.78, 5) is 22.4. The maximum atomic E-state index is 11.4. The van der Waals surface area contributed by atoms with Crippen LogP contribution >= 0.6 is 0 Å². The first kappa shape index (κ1) is 8.84. The Kier molecular flexibility index (Phi) is 2.22. The van der Waals surface area contributed by atoms with Gasteiger partial charge in [0.25, 0.3) is 0 Å². The topological polar surface area (TPSA) is 58.0 Å². The monoisotopic (exact) mass is 165 g/mol. The lowest BCUT2D eigenvalue weighted by Crippen LogP contribution is -2.32. The van der Waals surface area contributed by atoms with Gasteiger partial charge in [0.15, 0.2) is 11.6 Å². The Morgan fingerprint density at radius 2 is 2.08 bits per heavy atom. The van der Waals surface area contributed by atoms with Crippen molar-refractivity contribution in [1.82, 2.24) is 0 Å². The second-order valence-electron chi connectivity index (χ2n) is 2.89. The van der Waals surface area contributed by atoms with Crippen LogP contribution in [0.2, 0.25) is 0 Å². The van der Waals surface area contributed by atoms with E-state index in [1.165, 1.54) is 6.08 Å². The van der Waals surface area contributed by atoms with Gasteiger partial charge in [-0.1, -0.05) is 6.92 Å². The number of Topliss-reactive ketones (excluding diaryl/α,β-unsaturated/α-hetero) is 1. The molecule has 0 aromatic rings. The first-order chi connectivity index (χ1) is 5.57. The van der Waals surface area contributed by atoms with E-state index in [0.29, 0.717) is 12.0 Å². The van der Waals surface area contributed by atoms with Gasteiger partial charge in [-0.05, 0) is 25.0 Å². The van der Waals surface area contributed by atoms with Crippen molar-refractivity contribution in [2.45, 2.75) is 20.3 Å². The minimum Gasteiger partial charge on any atom is -0.300 e. The molecule has 0 saturated heterocycles. The van der Waals surface area contributed by atoms with E-state index in [4.69, 9.17) is 5.41 Å². The van der Waals surface area contributed by atoms with Gasteiger partial charge < -0.3 is 5.41 Å². The van der Waals surface area contributed by atoms with Crippen LogP contribution in [0.1, 0.15) is 20.3 Å². The third-order valence-corrected chi connectivity index (χ3v) is 2.09. The molecular weight excluding hydrogens is 154 g/mol. The lowest BCUT2D eigenvalue weighted by atomic mass is 9.85. The van der Waals surface area contributed by atoms with Gasteiger partial charge >= 0.3 is 0 Å². The van der Waals surface area contributed by atoms with Gasteiger partial charge in [0, 0.05) is 0 Å². The molecule has 0 saturated carbocycles. The summed E-state index contributed by atoms with van der Waals surface area (Å²) >= 11 is 0. The molecule has 64 valence electrons. The molecule has 0 radical (unpaired) electrons. The highest BCUT2D eigenvalue weighted by Gasteiger charge is 2.29. The van der Waals surface area contributed by atoms with Crippen LogP contribution in [0.4, 0.5) is 0 Å². The third-order valence-electron chi connectivity index (χ3n) is 2.09. The molecule has 1 aliphatic carbocycles. The Balaban J connectivity index is 3.08. The van der Waals surface area contributed by atoms with Crippen molar-refractivity contribution in [3.8, 4) is 0 Å². The van der Waals surface area contributed by atoms with Gasteiger partial charge in [-0.25, -0.2) is 0 Å². The van der Waals surface area contributed by atoms with Crippen LogP contribution < -0.4 is 0 Å². The maximum absolute atomic E-state index is 11.4. The van der Waals surface area contributed by atoms with Gasteiger partial charge in [0.1, 0.15) is 0 Å². The average molecular weight is 165 g/mol. The maximum Gasteiger partial charge on any atom is 0.200 e. The fraction of sp³-hybridized carbons (Fsp3) is 0.444. The molecule has 3 nitrogen and oxygen atoms in total. The summed E-state index contributed by atoms with van der Waals surface area (Å²) in [6, 6.07) is 0. The molecule has 0 aromatic heterocycles. The van der Waals surface area contributed by atoms with Gasteiger partial charge in [-0.15, -0.1) is 0 Å². The summed E-state index contributed by atoms with van der Waals surface area (Å²) in [5, 5.41) is 7.28. The standard InChI is InChI=1S/C9H11NO2/c1-3-6-4-7(11)8(10)5(2)9(6)12/h4-5,10H,3H2,1-2H3. The molecule has 0 amide bonds. The van der Waals surface area contributed by atoms with Crippen LogP contribution in [0.25, 0.3) is 0 Å². The van der Waals surface area contributed by atoms with Crippen molar-refractivity contribution in [1.29, 1.82) is 5.41 Å². The first-order valence-electron chi connectivity index (χ1n) is 3.95. The molecule has 1 rings (SSSR count). The Hall–Kier alpha value is -1.25. The molecule has 1 N–H and O–H groups in total. The molecule has 1 unspecified atom stereocenters. The number of allylic oxidation sites excluding steroid dienone is 2. The van der Waals surface area contributed by atoms with E-state index in [-0.39, 0.29) is 17.3 Å². The molecule has 12 heavy (non-hydrogen) atoms. The summed E-state index contributed by atoms with van der Waals surface area (Å²) < 4.78 is 0. The molecule has 3 heteroatoms. The highest BCUT2D eigenvalue weighted by molar-refractivity contribution is 6.50. The lowest BCUT2D eigenvalue weighted by molar-refractivity contribution is -0.119. The van der Waals surface area contributed by atoms with E-state index in [1.807, 2.05) is 6.92 Å². The van der Waals surface area contributed by atoms with E-state index in [2.05, 4.69) is 0 Å². The zero-order valence-electron chi connectivity index (χ0n) is 7.18. The third kappa shape index (κ3) is 1.22. The number of hydrogen-bond acceptors (Lipinski definition) is 3. The number of carbonyl (C=O) groups excluding carboxylic acids is 2. The smallest absolute Gasteiger partial charge is 0.200 e. The molecule has 0 bridgehead atoms. The van der Waals surface area contributed by atoms with Crippen LogP contribution in [0.5, 0.6) is 0 Å². The van der Waals surface area contributed by atoms with Gasteiger partial charge in [-0.2, -0.15) is 0 Å². The first-order valence-corrected chi connectivity index (χ1v) is 3.95. The van der Waals surface area contributed by atoms with Gasteiger partial charge in [0.2, 0.25) is 0 Å². The van der Waals surface area contributed by atoms with Crippen LogP contribution in [0.3, 0.4) is 0 Å².